The molecule has 0 heterocycles. The number of rotatable bonds is 4. The lowest BCUT2D eigenvalue weighted by molar-refractivity contribution is -0.160. The molecule has 0 aromatic heterocycles. The highest BCUT2D eigenvalue weighted by molar-refractivity contribution is 5.97. The van der Waals surface area contributed by atoms with Gasteiger partial charge in [-0.15, -0.1) is 0 Å². The zero-order valence-electron chi connectivity index (χ0n) is 12.4. The van der Waals surface area contributed by atoms with E-state index in [1.165, 1.54) is 0 Å². The maximum absolute atomic E-state index is 12.4. The number of hydrogen-bond acceptors (Lipinski definition) is 3. The minimum Gasteiger partial charge on any atom is -0.440 e. The number of benzene rings is 2. The quantitative estimate of drug-likeness (QED) is 0.927. The standard InChI is InChI=1S/C17H14F3NO3/c18-17(19,20)11-24-16(23)21-15(22)14(12-7-3-1-4-8-12)13-9-5-2-6-10-13/h1-10,14H,11H2,(H,21,22,23). The molecule has 0 spiro atoms. The van der Waals surface area contributed by atoms with Crippen LogP contribution in [0.3, 0.4) is 0 Å². The van der Waals surface area contributed by atoms with Crippen LogP contribution in [0.15, 0.2) is 60.7 Å². The Hall–Kier alpha value is -2.83. The molecule has 2 amide bonds. The smallest absolute Gasteiger partial charge is 0.422 e. The zero-order chi connectivity index (χ0) is 17.6. The van der Waals surface area contributed by atoms with Crippen LogP contribution in [0, 0.1) is 0 Å². The number of imide groups is 1. The van der Waals surface area contributed by atoms with E-state index >= 15 is 0 Å². The van der Waals surface area contributed by atoms with Crippen LogP contribution in [0.1, 0.15) is 17.0 Å². The second-order valence-corrected chi connectivity index (χ2v) is 4.93. The fourth-order valence-electron chi connectivity index (χ4n) is 2.14. The predicted molar refractivity (Wildman–Crippen MR) is 80.3 cm³/mol. The highest BCUT2D eigenvalue weighted by Crippen LogP contribution is 2.24. The topological polar surface area (TPSA) is 55.4 Å². The number of halogens is 3. The zero-order valence-corrected chi connectivity index (χ0v) is 12.4. The number of alkyl carbamates (subject to hydrolysis) is 1. The van der Waals surface area contributed by atoms with Crippen LogP contribution in [0.2, 0.25) is 0 Å². The number of hydrogen-bond donors (Lipinski definition) is 1. The van der Waals surface area contributed by atoms with Crippen molar-refractivity contribution in [1.29, 1.82) is 0 Å². The van der Waals surface area contributed by atoms with Crippen molar-refractivity contribution in [3.8, 4) is 0 Å². The first kappa shape index (κ1) is 17.5. The summed E-state index contributed by atoms with van der Waals surface area (Å²) in [6.45, 7) is -1.76. The molecule has 1 N–H and O–H groups in total. The first-order valence-electron chi connectivity index (χ1n) is 7.01. The molecule has 0 radical (unpaired) electrons. The van der Waals surface area contributed by atoms with Crippen molar-refractivity contribution in [3.63, 3.8) is 0 Å². The van der Waals surface area contributed by atoms with Crippen LogP contribution in [-0.4, -0.2) is 24.8 Å². The average molecular weight is 337 g/mol. The molecule has 0 bridgehead atoms. The molecule has 0 unspecified atom stereocenters. The van der Waals surface area contributed by atoms with Gasteiger partial charge in [0.25, 0.3) is 0 Å². The van der Waals surface area contributed by atoms with Gasteiger partial charge in [-0.3, -0.25) is 10.1 Å². The van der Waals surface area contributed by atoms with Gasteiger partial charge in [0.1, 0.15) is 0 Å². The molecule has 2 rings (SSSR count). The Morgan fingerprint density at radius 1 is 0.917 bits per heavy atom. The molecule has 2 aromatic carbocycles. The highest BCUT2D eigenvalue weighted by Gasteiger charge is 2.31. The fraction of sp³-hybridized carbons (Fsp3) is 0.176. The van der Waals surface area contributed by atoms with Gasteiger partial charge in [-0.2, -0.15) is 13.2 Å². The molecule has 2 aromatic rings. The minimum atomic E-state index is -4.65. The average Bonchev–Trinajstić information content (AvgIpc) is 2.54. The Kier molecular flexibility index (Phi) is 5.57. The summed E-state index contributed by atoms with van der Waals surface area (Å²) < 4.78 is 40.2. The minimum absolute atomic E-state index is 0.602. The molecule has 0 aliphatic heterocycles. The van der Waals surface area contributed by atoms with E-state index < -0.39 is 30.7 Å². The second-order valence-electron chi connectivity index (χ2n) is 4.93. The maximum Gasteiger partial charge on any atom is 0.422 e. The van der Waals surface area contributed by atoms with Gasteiger partial charge in [-0.1, -0.05) is 60.7 Å². The van der Waals surface area contributed by atoms with Crippen LogP contribution in [0.25, 0.3) is 0 Å². The van der Waals surface area contributed by atoms with E-state index in [9.17, 15) is 22.8 Å². The van der Waals surface area contributed by atoms with E-state index in [-0.39, 0.29) is 0 Å². The molecule has 0 saturated heterocycles. The number of carbonyl (C=O) groups is 2. The molecule has 0 aliphatic rings. The van der Waals surface area contributed by atoms with Crippen LogP contribution >= 0.6 is 0 Å². The summed E-state index contributed by atoms with van der Waals surface area (Å²) in [4.78, 5) is 23.8. The van der Waals surface area contributed by atoms with Gasteiger partial charge in [0.15, 0.2) is 6.61 Å². The van der Waals surface area contributed by atoms with Crippen molar-refractivity contribution < 1.29 is 27.5 Å². The number of carbonyl (C=O) groups excluding carboxylic acids is 2. The van der Waals surface area contributed by atoms with Crippen LogP contribution < -0.4 is 5.32 Å². The molecule has 126 valence electrons. The SMILES string of the molecule is O=C(NC(=O)C(c1ccccc1)c1ccccc1)OCC(F)(F)F. The first-order chi connectivity index (χ1) is 11.4. The van der Waals surface area contributed by atoms with Crippen molar-refractivity contribution in [1.82, 2.24) is 5.32 Å². The van der Waals surface area contributed by atoms with Gasteiger partial charge >= 0.3 is 12.3 Å². The van der Waals surface area contributed by atoms with E-state index in [1.807, 2.05) is 5.32 Å². The van der Waals surface area contributed by atoms with Crippen molar-refractivity contribution in [2.75, 3.05) is 6.61 Å². The number of nitrogens with one attached hydrogen (secondary N) is 1. The Morgan fingerprint density at radius 3 is 1.79 bits per heavy atom. The fourth-order valence-corrected chi connectivity index (χ4v) is 2.14. The summed E-state index contributed by atoms with van der Waals surface area (Å²) in [5.74, 6) is -1.61. The molecule has 7 heteroatoms. The third-order valence-corrected chi connectivity index (χ3v) is 3.12. The second kappa shape index (κ2) is 7.63. The monoisotopic (exact) mass is 337 g/mol. The predicted octanol–water partition coefficient (Wildman–Crippen LogP) is 3.63. The van der Waals surface area contributed by atoms with Gasteiger partial charge in [-0.25, -0.2) is 4.79 Å². The molecular weight excluding hydrogens is 323 g/mol. The molecule has 0 fully saturated rings. The molecular formula is C17H14F3NO3. The summed E-state index contributed by atoms with van der Waals surface area (Å²) in [7, 11) is 0. The van der Waals surface area contributed by atoms with E-state index in [0.717, 1.165) is 0 Å². The largest absolute Gasteiger partial charge is 0.440 e. The van der Waals surface area contributed by atoms with Crippen molar-refractivity contribution in [2.45, 2.75) is 12.1 Å². The van der Waals surface area contributed by atoms with Gasteiger partial charge in [0, 0.05) is 0 Å². The van der Waals surface area contributed by atoms with E-state index in [0.29, 0.717) is 11.1 Å². The Balaban J connectivity index is 2.16. The Bertz CT molecular complexity index is 648. The van der Waals surface area contributed by atoms with Crippen LogP contribution in [0.5, 0.6) is 0 Å². The summed E-state index contributed by atoms with van der Waals surface area (Å²) in [5.41, 5.74) is 1.20. The summed E-state index contributed by atoms with van der Waals surface area (Å²) in [5, 5.41) is 1.85. The molecule has 4 nitrogen and oxygen atoms in total. The number of amides is 2. The molecule has 0 saturated carbocycles. The first-order valence-corrected chi connectivity index (χ1v) is 7.01. The Morgan fingerprint density at radius 2 is 1.38 bits per heavy atom. The van der Waals surface area contributed by atoms with Crippen molar-refractivity contribution >= 4 is 12.0 Å². The lowest BCUT2D eigenvalue weighted by atomic mass is 9.90. The maximum atomic E-state index is 12.4. The third-order valence-electron chi connectivity index (χ3n) is 3.12. The van der Waals surface area contributed by atoms with Gasteiger partial charge < -0.3 is 4.74 Å². The lowest BCUT2D eigenvalue weighted by Crippen LogP contribution is -2.37. The van der Waals surface area contributed by atoms with Gasteiger partial charge in [0.2, 0.25) is 5.91 Å². The molecule has 0 aliphatic carbocycles. The number of ether oxygens (including phenoxy) is 1. The third kappa shape index (κ3) is 5.12. The Labute approximate surface area is 136 Å². The molecule has 24 heavy (non-hydrogen) atoms. The van der Waals surface area contributed by atoms with Crippen LogP contribution in [-0.2, 0) is 9.53 Å². The van der Waals surface area contributed by atoms with Crippen molar-refractivity contribution in [3.05, 3.63) is 71.8 Å². The van der Waals surface area contributed by atoms with Gasteiger partial charge in [-0.05, 0) is 11.1 Å². The van der Waals surface area contributed by atoms with E-state index in [1.54, 1.807) is 60.7 Å². The normalized spacial score (nSPS) is 11.2. The van der Waals surface area contributed by atoms with Crippen LogP contribution in [0.4, 0.5) is 18.0 Å². The summed E-state index contributed by atoms with van der Waals surface area (Å²) in [6.07, 6.45) is -6.09. The van der Waals surface area contributed by atoms with E-state index in [4.69, 9.17) is 0 Å². The van der Waals surface area contributed by atoms with Gasteiger partial charge in [0.05, 0.1) is 5.92 Å². The number of alkyl halides is 3. The van der Waals surface area contributed by atoms with E-state index in [2.05, 4.69) is 4.74 Å². The highest BCUT2D eigenvalue weighted by atomic mass is 19.4. The summed E-state index contributed by atoms with van der Waals surface area (Å²) >= 11 is 0. The van der Waals surface area contributed by atoms with Crippen molar-refractivity contribution in [2.24, 2.45) is 0 Å². The summed E-state index contributed by atoms with van der Waals surface area (Å²) in [6, 6.07) is 17.2. The molecule has 0 atom stereocenters. The lowest BCUT2D eigenvalue weighted by Gasteiger charge is -2.17.